The molecule has 3 N–H and O–H groups in total. The van der Waals surface area contributed by atoms with E-state index in [1.165, 1.54) is 6.92 Å². The molecule has 7 nitrogen and oxygen atoms in total. The number of hydrogen-bond acceptors (Lipinski definition) is 7. The summed E-state index contributed by atoms with van der Waals surface area (Å²) in [5.41, 5.74) is 0.0273. The Morgan fingerprint density at radius 1 is 1.44 bits per heavy atom. The highest BCUT2D eigenvalue weighted by Crippen LogP contribution is 2.65. The second-order valence-corrected chi connectivity index (χ2v) is 8.20. The first-order valence-electron chi connectivity index (χ1n) is 9.34. The van der Waals surface area contributed by atoms with Crippen LogP contribution in [-0.2, 0) is 21.4 Å². The first-order chi connectivity index (χ1) is 12.8. The van der Waals surface area contributed by atoms with Crippen LogP contribution in [0, 0.1) is 0 Å². The van der Waals surface area contributed by atoms with E-state index in [1.54, 1.807) is 12.1 Å². The van der Waals surface area contributed by atoms with Gasteiger partial charge in [-0.3, -0.25) is 0 Å². The van der Waals surface area contributed by atoms with Gasteiger partial charge in [0.2, 0.25) is 0 Å². The average molecular weight is 373 g/mol. The van der Waals surface area contributed by atoms with Gasteiger partial charge in [-0.25, -0.2) is 4.79 Å². The van der Waals surface area contributed by atoms with E-state index >= 15 is 0 Å². The van der Waals surface area contributed by atoms with Gasteiger partial charge in [-0.2, -0.15) is 0 Å². The van der Waals surface area contributed by atoms with Crippen molar-refractivity contribution in [1.29, 1.82) is 0 Å². The van der Waals surface area contributed by atoms with Crippen LogP contribution in [0.1, 0.15) is 30.9 Å². The lowest BCUT2D eigenvalue weighted by Gasteiger charge is -2.61. The van der Waals surface area contributed by atoms with E-state index in [9.17, 15) is 20.1 Å². The Kier molecular flexibility index (Phi) is 3.31. The van der Waals surface area contributed by atoms with Gasteiger partial charge < -0.3 is 29.7 Å². The van der Waals surface area contributed by atoms with Crippen LogP contribution >= 0.6 is 0 Å². The van der Waals surface area contributed by atoms with Crippen molar-refractivity contribution in [3.8, 4) is 11.5 Å². The van der Waals surface area contributed by atoms with Crippen LogP contribution in [0.4, 0.5) is 0 Å². The highest BCUT2D eigenvalue weighted by molar-refractivity contribution is 5.75. The molecule has 1 fully saturated rings. The van der Waals surface area contributed by atoms with Gasteiger partial charge in [0.25, 0.3) is 0 Å². The average Bonchev–Trinajstić information content (AvgIpc) is 2.98. The SMILES string of the molecule is C[C@H](O)C(=O)OC1=CC[C@@]2(O)[C@H]3Cc4ccc(O)c5c4[C@@]2(CCN3C)[C@H]1O5. The summed E-state index contributed by atoms with van der Waals surface area (Å²) in [7, 11) is 2.01. The van der Waals surface area contributed by atoms with Crippen LogP contribution < -0.4 is 4.74 Å². The van der Waals surface area contributed by atoms with E-state index in [2.05, 4.69) is 4.90 Å². The van der Waals surface area contributed by atoms with Crippen molar-refractivity contribution in [3.63, 3.8) is 0 Å². The standard InChI is InChI=1S/C20H23NO6/c1-10(22)18(24)26-13-5-6-20(25)14-9-11-3-4-12(23)16-15(11)19(20,17(13)27-16)7-8-21(14)2/h3-5,10,14,17,22-23,25H,6-9H2,1-2H3/t10-,14+,17-,19-,20+/m0/s1. The minimum absolute atomic E-state index is 0.0263. The van der Waals surface area contributed by atoms with Crippen LogP contribution in [0.25, 0.3) is 0 Å². The van der Waals surface area contributed by atoms with Gasteiger partial charge in [0, 0.05) is 18.0 Å². The van der Waals surface area contributed by atoms with Crippen molar-refractivity contribution >= 4 is 5.97 Å². The number of likely N-dealkylation sites (tertiary alicyclic amines) is 1. The molecule has 1 aromatic carbocycles. The maximum absolute atomic E-state index is 12.0. The summed E-state index contributed by atoms with van der Waals surface area (Å²) in [5, 5.41) is 31.8. The molecule has 1 saturated heterocycles. The molecule has 2 heterocycles. The van der Waals surface area contributed by atoms with Crippen molar-refractivity contribution in [1.82, 2.24) is 4.90 Å². The maximum atomic E-state index is 12.0. The molecule has 0 aromatic heterocycles. The number of benzene rings is 1. The zero-order valence-corrected chi connectivity index (χ0v) is 15.3. The van der Waals surface area contributed by atoms with Crippen molar-refractivity contribution in [2.24, 2.45) is 0 Å². The van der Waals surface area contributed by atoms with Crippen LogP contribution in [0.15, 0.2) is 24.0 Å². The number of phenolic OH excluding ortho intramolecular Hbond substituents is 1. The molecule has 2 aliphatic carbocycles. The number of hydrogen-bond donors (Lipinski definition) is 3. The maximum Gasteiger partial charge on any atom is 0.339 e. The number of piperidine rings is 1. The van der Waals surface area contributed by atoms with Crippen molar-refractivity contribution < 1.29 is 29.6 Å². The number of carbonyl (C=O) groups is 1. The monoisotopic (exact) mass is 373 g/mol. The number of rotatable bonds is 2. The third-order valence-corrected chi connectivity index (χ3v) is 6.91. The van der Waals surface area contributed by atoms with Gasteiger partial charge in [0.05, 0.1) is 11.0 Å². The Morgan fingerprint density at radius 3 is 2.96 bits per heavy atom. The minimum atomic E-state index is -1.26. The Bertz CT molecular complexity index is 879. The summed E-state index contributed by atoms with van der Waals surface area (Å²) in [4.78, 5) is 14.2. The molecule has 5 atom stereocenters. The zero-order chi connectivity index (χ0) is 19.1. The highest BCUT2D eigenvalue weighted by Gasteiger charge is 2.72. The summed E-state index contributed by atoms with van der Waals surface area (Å²) in [6.07, 6.45) is 1.34. The smallest absolute Gasteiger partial charge is 0.339 e. The van der Waals surface area contributed by atoms with Crippen LogP contribution in [0.5, 0.6) is 11.5 Å². The number of carbonyl (C=O) groups excluding carboxylic acids is 1. The van der Waals surface area contributed by atoms with Crippen molar-refractivity contribution in [2.45, 2.75) is 55.5 Å². The van der Waals surface area contributed by atoms with E-state index in [1.807, 2.05) is 13.1 Å². The lowest BCUT2D eigenvalue weighted by atomic mass is 9.50. The second kappa shape index (κ2) is 5.25. The van der Waals surface area contributed by atoms with Gasteiger partial charge in [-0.05, 0) is 51.1 Å². The van der Waals surface area contributed by atoms with E-state index in [-0.39, 0.29) is 11.8 Å². The van der Waals surface area contributed by atoms with Gasteiger partial charge in [-0.15, -0.1) is 0 Å². The fourth-order valence-corrected chi connectivity index (χ4v) is 5.64. The predicted octanol–water partition coefficient (Wildman–Crippen LogP) is 0.594. The van der Waals surface area contributed by atoms with Gasteiger partial charge in [-0.1, -0.05) is 6.07 Å². The summed E-state index contributed by atoms with van der Waals surface area (Å²) >= 11 is 0. The van der Waals surface area contributed by atoms with Crippen LogP contribution in [0.3, 0.4) is 0 Å². The number of aliphatic hydroxyl groups excluding tert-OH is 1. The molecule has 27 heavy (non-hydrogen) atoms. The molecule has 2 bridgehead atoms. The fraction of sp³-hybridized carbons (Fsp3) is 0.550. The van der Waals surface area contributed by atoms with Gasteiger partial charge in [0.1, 0.15) is 11.9 Å². The normalized spacial score (nSPS) is 37.1. The fourth-order valence-electron chi connectivity index (χ4n) is 5.64. The molecular formula is C20H23NO6. The molecule has 7 heteroatoms. The number of aromatic hydroxyl groups is 1. The predicted molar refractivity (Wildman–Crippen MR) is 94.4 cm³/mol. The van der Waals surface area contributed by atoms with E-state index in [4.69, 9.17) is 9.47 Å². The molecule has 1 aromatic rings. The van der Waals surface area contributed by atoms with E-state index in [0.29, 0.717) is 30.8 Å². The Hall–Kier alpha value is -2.09. The van der Waals surface area contributed by atoms with Crippen LogP contribution in [0.2, 0.25) is 0 Å². The van der Waals surface area contributed by atoms with Crippen molar-refractivity contribution in [3.05, 3.63) is 35.1 Å². The molecule has 0 saturated carbocycles. The molecule has 0 unspecified atom stereocenters. The lowest BCUT2D eigenvalue weighted by molar-refractivity contribution is -0.171. The molecule has 0 radical (unpaired) electrons. The first kappa shape index (κ1) is 17.0. The van der Waals surface area contributed by atoms with E-state index < -0.39 is 29.2 Å². The lowest BCUT2D eigenvalue weighted by Crippen LogP contribution is -2.74. The third-order valence-electron chi connectivity index (χ3n) is 6.91. The number of aliphatic hydroxyl groups is 2. The Morgan fingerprint density at radius 2 is 2.22 bits per heavy atom. The summed E-state index contributed by atoms with van der Waals surface area (Å²) < 4.78 is 11.6. The molecule has 5 rings (SSSR count). The molecule has 0 amide bonds. The van der Waals surface area contributed by atoms with Crippen LogP contribution in [-0.4, -0.2) is 63.6 Å². The molecule has 144 valence electrons. The highest BCUT2D eigenvalue weighted by atomic mass is 16.6. The molecule has 1 spiro atoms. The van der Waals surface area contributed by atoms with Gasteiger partial charge >= 0.3 is 5.97 Å². The molecular weight excluding hydrogens is 350 g/mol. The first-order valence-corrected chi connectivity index (χ1v) is 9.34. The zero-order valence-electron chi connectivity index (χ0n) is 15.3. The quantitative estimate of drug-likeness (QED) is 0.653. The van der Waals surface area contributed by atoms with Crippen molar-refractivity contribution in [2.75, 3.05) is 13.6 Å². The summed E-state index contributed by atoms with van der Waals surface area (Å²) in [6.45, 7) is 2.11. The minimum Gasteiger partial charge on any atom is -0.504 e. The second-order valence-electron chi connectivity index (χ2n) is 8.20. The number of nitrogens with zero attached hydrogens (tertiary/aromatic N) is 1. The number of phenols is 1. The Balaban J connectivity index is 1.72. The summed E-state index contributed by atoms with van der Waals surface area (Å²) in [6, 6.07) is 3.42. The third kappa shape index (κ3) is 1.89. The molecule has 4 aliphatic rings. The summed E-state index contributed by atoms with van der Waals surface area (Å²) in [5.74, 6) is -0.0528. The topological polar surface area (TPSA) is 99.5 Å². The number of likely N-dealkylation sites (N-methyl/N-ethyl adjacent to an activating group) is 1. The van der Waals surface area contributed by atoms with E-state index in [0.717, 1.165) is 17.7 Å². The van der Waals surface area contributed by atoms with Gasteiger partial charge in [0.15, 0.2) is 17.6 Å². The number of ether oxygens (including phenoxy) is 2. The number of esters is 1. The molecule has 2 aliphatic heterocycles. The Labute approximate surface area is 156 Å². The largest absolute Gasteiger partial charge is 0.504 e.